The Bertz CT molecular complexity index is 1230. The van der Waals surface area contributed by atoms with Crippen LogP contribution in [0, 0.1) is 28.7 Å². The first-order valence-electron chi connectivity index (χ1n) is 10.2. The second-order valence-electron chi connectivity index (χ2n) is 7.53. The van der Waals surface area contributed by atoms with Crippen molar-refractivity contribution < 1.29 is 14.2 Å². The van der Waals surface area contributed by atoms with E-state index in [2.05, 4.69) is 70.0 Å². The van der Waals surface area contributed by atoms with Gasteiger partial charge in [0.15, 0.2) is 11.5 Å². The topological polar surface area (TPSA) is 106 Å². The number of ether oxygens (including phenoxy) is 3. The lowest BCUT2D eigenvalue weighted by atomic mass is 9.84. The number of allylic oxidation sites excluding steroid dienone is 1. The largest absolute Gasteiger partial charge is 0.490 e. The monoisotopic (exact) mass is 542 g/mol. The summed E-state index contributed by atoms with van der Waals surface area (Å²) in [5, 5.41) is 16.9. The van der Waals surface area contributed by atoms with Crippen molar-refractivity contribution in [1.82, 2.24) is 10.2 Å². The van der Waals surface area contributed by atoms with Gasteiger partial charge in [0, 0.05) is 11.3 Å². The highest BCUT2D eigenvalue weighted by Gasteiger charge is 2.35. The van der Waals surface area contributed by atoms with Crippen molar-refractivity contribution >= 4 is 22.6 Å². The molecule has 0 saturated carbocycles. The summed E-state index contributed by atoms with van der Waals surface area (Å²) in [7, 11) is 0. The summed E-state index contributed by atoms with van der Waals surface area (Å²) in [5.41, 5.74) is 11.1. The first kappa shape index (κ1) is 22.0. The van der Waals surface area contributed by atoms with Gasteiger partial charge in [0.2, 0.25) is 11.8 Å². The van der Waals surface area contributed by atoms with Crippen LogP contribution in [0.3, 0.4) is 0 Å². The predicted octanol–water partition coefficient (Wildman–Crippen LogP) is 4.83. The van der Waals surface area contributed by atoms with Gasteiger partial charge in [-0.2, -0.15) is 5.26 Å². The lowest BCUT2D eigenvalue weighted by Crippen LogP contribution is -2.21. The minimum Gasteiger partial charge on any atom is -0.490 e. The molecule has 0 fully saturated rings. The zero-order valence-corrected chi connectivity index (χ0v) is 20.2. The normalized spacial score (nSPS) is 15.0. The first-order valence-corrected chi connectivity index (χ1v) is 11.3. The lowest BCUT2D eigenvalue weighted by molar-refractivity contribution is 0.267. The molecular weight excluding hydrogens is 519 g/mol. The minimum absolute atomic E-state index is 0.0594. The van der Waals surface area contributed by atoms with Crippen LogP contribution in [-0.2, 0) is 6.61 Å². The first-order chi connectivity index (χ1) is 15.4. The molecule has 0 radical (unpaired) electrons. The Labute approximate surface area is 200 Å². The Morgan fingerprint density at radius 3 is 2.66 bits per heavy atom. The number of fused-ring (bicyclic) bond motifs is 1. The fourth-order valence-electron chi connectivity index (χ4n) is 3.73. The zero-order chi connectivity index (χ0) is 22.8. The molecule has 2 aromatic carbocycles. The van der Waals surface area contributed by atoms with E-state index in [1.165, 1.54) is 5.56 Å². The molecule has 0 saturated heterocycles. The molecule has 0 amide bonds. The number of aryl methyl sites for hydroxylation is 2. The molecule has 0 aliphatic carbocycles. The summed E-state index contributed by atoms with van der Waals surface area (Å²) in [5.74, 6) is 1.32. The molecular formula is C24H23IN4O3. The summed E-state index contributed by atoms with van der Waals surface area (Å²) < 4.78 is 18.5. The Hall–Kier alpha value is -3.19. The van der Waals surface area contributed by atoms with Gasteiger partial charge in [-0.25, -0.2) is 0 Å². The van der Waals surface area contributed by atoms with Crippen molar-refractivity contribution in [2.45, 2.75) is 33.3 Å². The number of nitriles is 1. The van der Waals surface area contributed by atoms with Crippen molar-refractivity contribution in [3.8, 4) is 23.4 Å². The zero-order valence-electron chi connectivity index (χ0n) is 18.0. The van der Waals surface area contributed by atoms with Gasteiger partial charge in [-0.05, 0) is 66.6 Å². The van der Waals surface area contributed by atoms with Gasteiger partial charge in [0.25, 0.3) is 0 Å². The maximum Gasteiger partial charge on any atom is 0.244 e. The van der Waals surface area contributed by atoms with E-state index in [0.717, 1.165) is 26.0 Å². The number of nitrogens with one attached hydrogen (secondary N) is 1. The number of nitrogens with two attached hydrogens (primary N) is 1. The standard InChI is InChI=1S/C24H23IN4O3/c1-4-30-19-10-16(9-18(25)22(19)31-12-15-7-5-13(2)6-8-15)21-17(11-26)23(27)32-24-20(21)14(3)28-29-24/h5-10,21H,4,12,27H2,1-3H3,(H,28,29)/t21-/m1/s1. The number of hydrogen-bond donors (Lipinski definition) is 2. The smallest absolute Gasteiger partial charge is 0.244 e. The molecule has 0 unspecified atom stereocenters. The highest BCUT2D eigenvalue weighted by atomic mass is 127. The Morgan fingerprint density at radius 2 is 1.97 bits per heavy atom. The molecule has 3 aromatic rings. The molecule has 1 atom stereocenters. The molecule has 1 aromatic heterocycles. The van der Waals surface area contributed by atoms with Gasteiger partial charge >= 0.3 is 0 Å². The summed E-state index contributed by atoms with van der Waals surface area (Å²) in [6.45, 7) is 6.78. The van der Waals surface area contributed by atoms with Crippen LogP contribution in [0.2, 0.25) is 0 Å². The van der Waals surface area contributed by atoms with Crippen LogP contribution < -0.4 is 19.9 Å². The third-order valence-corrected chi connectivity index (χ3v) is 6.10. The van der Waals surface area contributed by atoms with Gasteiger partial charge in [-0.1, -0.05) is 29.8 Å². The van der Waals surface area contributed by atoms with Crippen molar-refractivity contribution in [3.05, 3.63) is 79.4 Å². The molecule has 0 bridgehead atoms. The van der Waals surface area contributed by atoms with Gasteiger partial charge in [-0.3, -0.25) is 5.10 Å². The van der Waals surface area contributed by atoms with Crippen LogP contribution in [0.5, 0.6) is 17.4 Å². The number of rotatable bonds is 6. The second kappa shape index (κ2) is 9.12. The summed E-state index contributed by atoms with van der Waals surface area (Å²) in [6.07, 6.45) is 0. The van der Waals surface area contributed by atoms with E-state index < -0.39 is 5.92 Å². The number of aromatic amines is 1. The molecule has 0 spiro atoms. The number of nitrogens with zero attached hydrogens (tertiary/aromatic N) is 2. The number of aromatic nitrogens is 2. The average Bonchev–Trinajstić information content (AvgIpc) is 3.13. The van der Waals surface area contributed by atoms with E-state index in [4.69, 9.17) is 19.9 Å². The number of H-pyrrole nitrogens is 1. The van der Waals surface area contributed by atoms with Crippen LogP contribution in [0.1, 0.15) is 40.8 Å². The van der Waals surface area contributed by atoms with Gasteiger partial charge in [0.1, 0.15) is 18.2 Å². The Morgan fingerprint density at radius 1 is 1.22 bits per heavy atom. The quantitative estimate of drug-likeness (QED) is 0.433. The molecule has 2 heterocycles. The molecule has 164 valence electrons. The molecule has 1 aliphatic heterocycles. The minimum atomic E-state index is -0.415. The van der Waals surface area contributed by atoms with Crippen LogP contribution in [-0.4, -0.2) is 16.8 Å². The number of benzene rings is 2. The maximum atomic E-state index is 9.82. The predicted molar refractivity (Wildman–Crippen MR) is 128 cm³/mol. The SMILES string of the molecule is CCOc1cc([C@@H]2C(C#N)=C(N)Oc3n[nH]c(C)c32)cc(I)c1OCc1ccc(C)cc1. The van der Waals surface area contributed by atoms with Gasteiger partial charge < -0.3 is 19.9 Å². The van der Waals surface area contributed by atoms with Crippen LogP contribution >= 0.6 is 22.6 Å². The molecule has 8 heteroatoms. The van der Waals surface area contributed by atoms with Crippen molar-refractivity contribution in [2.24, 2.45) is 5.73 Å². The third kappa shape index (κ3) is 4.12. The highest BCUT2D eigenvalue weighted by molar-refractivity contribution is 14.1. The van der Waals surface area contributed by atoms with E-state index in [1.807, 2.05) is 26.0 Å². The average molecular weight is 542 g/mol. The van der Waals surface area contributed by atoms with Gasteiger partial charge in [-0.15, -0.1) is 5.10 Å². The van der Waals surface area contributed by atoms with Crippen LogP contribution in [0.15, 0.2) is 47.9 Å². The molecule has 4 rings (SSSR count). The fourth-order valence-corrected chi connectivity index (χ4v) is 4.51. The van der Waals surface area contributed by atoms with Gasteiger partial charge in [0.05, 0.1) is 16.1 Å². The summed E-state index contributed by atoms with van der Waals surface area (Å²) in [6, 6.07) is 14.3. The van der Waals surface area contributed by atoms with Crippen LogP contribution in [0.4, 0.5) is 0 Å². The van der Waals surface area contributed by atoms with Crippen molar-refractivity contribution in [3.63, 3.8) is 0 Å². The molecule has 1 aliphatic rings. The van der Waals surface area contributed by atoms with E-state index in [-0.39, 0.29) is 5.88 Å². The number of halogens is 1. The lowest BCUT2D eigenvalue weighted by Gasteiger charge is -2.25. The Kier molecular flexibility index (Phi) is 6.28. The summed E-state index contributed by atoms with van der Waals surface area (Å²) in [4.78, 5) is 0. The molecule has 32 heavy (non-hydrogen) atoms. The summed E-state index contributed by atoms with van der Waals surface area (Å²) >= 11 is 2.24. The Balaban J connectivity index is 1.75. The third-order valence-electron chi connectivity index (χ3n) is 5.30. The van der Waals surface area contributed by atoms with E-state index >= 15 is 0 Å². The highest BCUT2D eigenvalue weighted by Crippen LogP contribution is 2.45. The molecule has 3 N–H and O–H groups in total. The van der Waals surface area contributed by atoms with E-state index in [1.54, 1.807) is 0 Å². The van der Waals surface area contributed by atoms with Crippen molar-refractivity contribution in [1.29, 1.82) is 5.26 Å². The van der Waals surface area contributed by atoms with Crippen LogP contribution in [0.25, 0.3) is 0 Å². The molecule has 7 nitrogen and oxygen atoms in total. The maximum absolute atomic E-state index is 9.82. The van der Waals surface area contributed by atoms with E-state index in [9.17, 15) is 5.26 Å². The number of hydrogen-bond acceptors (Lipinski definition) is 6. The van der Waals surface area contributed by atoms with Crippen molar-refractivity contribution in [2.75, 3.05) is 6.61 Å². The fraction of sp³-hybridized carbons (Fsp3) is 0.250. The second-order valence-corrected chi connectivity index (χ2v) is 8.69. The van der Waals surface area contributed by atoms with E-state index in [0.29, 0.717) is 36.2 Å².